The summed E-state index contributed by atoms with van der Waals surface area (Å²) in [5, 5.41) is 14.5. The van der Waals surface area contributed by atoms with Gasteiger partial charge in [0, 0.05) is 42.5 Å². The molecule has 1 heterocycles. The van der Waals surface area contributed by atoms with Gasteiger partial charge in [0.15, 0.2) is 0 Å². The van der Waals surface area contributed by atoms with E-state index in [4.69, 9.17) is 14.2 Å². The number of carbonyl (C=O) groups excluding carboxylic acids is 8. The van der Waals surface area contributed by atoms with Gasteiger partial charge in [0.2, 0.25) is 17.7 Å². The van der Waals surface area contributed by atoms with E-state index in [-0.39, 0.29) is 42.5 Å². The third-order valence-corrected chi connectivity index (χ3v) is 16.3. The smallest absolute Gasteiger partial charge is 0.410 e. The summed E-state index contributed by atoms with van der Waals surface area (Å²) in [6.45, 7) is 12.8. The first-order valence-corrected chi connectivity index (χ1v) is 29.3. The van der Waals surface area contributed by atoms with Crippen LogP contribution in [0, 0.1) is 0 Å². The monoisotopic (exact) mass is 1060 g/mol. The quantitative estimate of drug-likeness (QED) is 0.0357. The van der Waals surface area contributed by atoms with E-state index in [9.17, 15) is 38.4 Å². The van der Waals surface area contributed by atoms with E-state index in [1.165, 1.54) is 48.9 Å². The second-order valence-electron chi connectivity index (χ2n) is 21.4. The molecule has 1 saturated heterocycles. The lowest BCUT2D eigenvalue weighted by atomic mass is 9.87. The molecular weight excluding hydrogens is 987 g/mol. The number of hydrogen-bond acceptors (Lipinski definition) is 11. The van der Waals surface area contributed by atoms with Crippen LogP contribution in [0.5, 0.6) is 0 Å². The van der Waals surface area contributed by atoms with Crippen LogP contribution >= 0.6 is 0 Å². The van der Waals surface area contributed by atoms with Gasteiger partial charge < -0.3 is 45.7 Å². The second kappa shape index (κ2) is 25.8. The number of anilines is 1. The van der Waals surface area contributed by atoms with Crippen LogP contribution in [0.2, 0.25) is 19.1 Å². The lowest BCUT2D eigenvalue weighted by Crippen LogP contribution is -2.57. The van der Waals surface area contributed by atoms with Crippen LogP contribution in [0.15, 0.2) is 103 Å². The Hall–Kier alpha value is -7.54. The van der Waals surface area contributed by atoms with Crippen molar-refractivity contribution in [2.24, 2.45) is 0 Å². The maximum Gasteiger partial charge on any atom is 0.410 e. The summed E-state index contributed by atoms with van der Waals surface area (Å²) in [5.41, 5.74) is 3.86. The van der Waals surface area contributed by atoms with Crippen molar-refractivity contribution in [1.29, 1.82) is 0 Å². The molecule has 7 amide bonds. The molecule has 0 saturated carbocycles. The maximum atomic E-state index is 14.9. The van der Waals surface area contributed by atoms with Gasteiger partial charge in [-0.2, -0.15) is 0 Å². The minimum atomic E-state index is -2.11. The number of likely N-dealkylation sites (N-methyl/N-ethyl adjacent to an activating group) is 1. The molecule has 1 aliphatic heterocycles. The summed E-state index contributed by atoms with van der Waals surface area (Å²) in [5.74, 6) is -2.84. The van der Waals surface area contributed by atoms with Gasteiger partial charge in [-0.25, -0.2) is 14.4 Å². The standard InChI is InChI=1S/C57H73N7O11Si/c1-10-42(32-47(54(70)73-7)62-55(71)74-33-38-17-12-11-13-18-38)58-50(66)40-25-27-41(28-26-40)51(67)59-43-29-23-37(24-30-43)31-46(61-49(65)36(2)63(6)56(72)75-57(3,4)5)53(69)64-35-76(8,9)34-48(64)52(68)60-45-22-16-20-39-19-14-15-21-44(39)45/h11-15,17-19,21,23-30,36,42,45-48H,10,16,20,22,31-35H2,1-9H3,(H,58,66)(H,59,67)(H,60,68)(H,61,65)(H,62,71)/t36-,42+,45+,46-,47-,48-/m0/s1. The average Bonchev–Trinajstić information content (AvgIpc) is 3.74. The number of hydrogen-bond donors (Lipinski definition) is 5. The number of benzene rings is 4. The molecule has 0 radical (unpaired) electrons. The first-order chi connectivity index (χ1) is 36.0. The van der Waals surface area contributed by atoms with Gasteiger partial charge in [-0.05, 0) is 124 Å². The zero-order valence-electron chi connectivity index (χ0n) is 45.0. The molecule has 1 fully saturated rings. The number of amides is 7. The fourth-order valence-corrected chi connectivity index (χ4v) is 12.2. The number of alkyl carbamates (subject to hydrolysis) is 1. The number of nitrogens with one attached hydrogen (secondary N) is 5. The lowest BCUT2D eigenvalue weighted by Gasteiger charge is -2.33. The third-order valence-electron chi connectivity index (χ3n) is 13.6. The van der Waals surface area contributed by atoms with Crippen LogP contribution in [-0.4, -0.2) is 122 Å². The number of carbonyl (C=O) groups is 8. The van der Waals surface area contributed by atoms with E-state index < -0.39 is 85.7 Å². The van der Waals surface area contributed by atoms with Crippen molar-refractivity contribution in [3.8, 4) is 0 Å². The third kappa shape index (κ3) is 16.0. The van der Waals surface area contributed by atoms with Crippen molar-refractivity contribution in [2.75, 3.05) is 25.6 Å². The molecule has 6 atom stereocenters. The molecule has 2 aliphatic rings. The maximum absolute atomic E-state index is 14.9. The van der Waals surface area contributed by atoms with Crippen LogP contribution in [0.3, 0.4) is 0 Å². The van der Waals surface area contributed by atoms with Gasteiger partial charge in [0.1, 0.15) is 36.4 Å². The van der Waals surface area contributed by atoms with Crippen molar-refractivity contribution >= 4 is 61.5 Å². The topological polar surface area (TPSA) is 231 Å². The van der Waals surface area contributed by atoms with Crippen molar-refractivity contribution in [1.82, 2.24) is 31.1 Å². The first kappa shape index (κ1) is 57.7. The summed E-state index contributed by atoms with van der Waals surface area (Å²) in [6, 6.07) is 25.8. The normalized spacial score (nSPS) is 17.2. The van der Waals surface area contributed by atoms with E-state index in [0.29, 0.717) is 29.9 Å². The van der Waals surface area contributed by atoms with E-state index in [1.54, 1.807) is 69.0 Å². The number of methoxy groups -OCH3 is 1. The van der Waals surface area contributed by atoms with E-state index in [2.05, 4.69) is 45.7 Å². The Bertz CT molecular complexity index is 2710. The van der Waals surface area contributed by atoms with E-state index >= 15 is 0 Å². The van der Waals surface area contributed by atoms with Crippen LogP contribution in [0.25, 0.3) is 0 Å². The minimum Gasteiger partial charge on any atom is -0.467 e. The predicted octanol–water partition coefficient (Wildman–Crippen LogP) is 7.24. The van der Waals surface area contributed by atoms with Crippen LogP contribution < -0.4 is 26.6 Å². The highest BCUT2D eigenvalue weighted by Crippen LogP contribution is 2.33. The molecule has 19 heteroatoms. The van der Waals surface area contributed by atoms with Crippen molar-refractivity contribution in [3.63, 3.8) is 0 Å². The highest BCUT2D eigenvalue weighted by molar-refractivity contribution is 6.79. The van der Waals surface area contributed by atoms with Crippen molar-refractivity contribution in [3.05, 3.63) is 137 Å². The Morgan fingerprint density at radius 3 is 2.08 bits per heavy atom. The largest absolute Gasteiger partial charge is 0.467 e. The molecular formula is C57H73N7O11Si. The summed E-state index contributed by atoms with van der Waals surface area (Å²) >= 11 is 0. The summed E-state index contributed by atoms with van der Waals surface area (Å²) < 4.78 is 15.7. The van der Waals surface area contributed by atoms with Gasteiger partial charge in [0.25, 0.3) is 11.8 Å². The zero-order valence-corrected chi connectivity index (χ0v) is 46.0. The van der Waals surface area contributed by atoms with Crippen LogP contribution in [0.1, 0.15) is 109 Å². The number of ether oxygens (including phenoxy) is 3. The second-order valence-corrected chi connectivity index (χ2v) is 26.4. The SMILES string of the molecule is CC[C@H](C[C@H](NC(=O)OCc1ccccc1)C(=O)OC)NC(=O)c1ccc(C(=O)Nc2ccc(C[C@H](NC(=O)[C@H](C)N(C)C(=O)OC(C)(C)C)C(=O)N3C[Si](C)(C)C[C@H]3C(=O)N[C@@H]3CCCc4ccccc43)cc2)cc1. The molecule has 5 N–H and O–H groups in total. The molecule has 18 nitrogen and oxygen atoms in total. The number of fused-ring (bicyclic) bond motifs is 1. The average molecular weight is 1060 g/mol. The molecule has 406 valence electrons. The highest BCUT2D eigenvalue weighted by atomic mass is 28.3. The zero-order chi connectivity index (χ0) is 55.3. The summed E-state index contributed by atoms with van der Waals surface area (Å²) in [7, 11) is 0.551. The molecule has 0 spiro atoms. The van der Waals surface area contributed by atoms with Gasteiger partial charge in [-0.15, -0.1) is 0 Å². The molecule has 0 bridgehead atoms. The number of esters is 1. The van der Waals surface area contributed by atoms with E-state index in [0.717, 1.165) is 30.4 Å². The fourth-order valence-electron chi connectivity index (χ4n) is 9.35. The lowest BCUT2D eigenvalue weighted by molar-refractivity contribution is -0.143. The van der Waals surface area contributed by atoms with E-state index in [1.807, 2.05) is 43.3 Å². The van der Waals surface area contributed by atoms with Gasteiger partial charge in [-0.1, -0.05) is 86.7 Å². The Labute approximate surface area is 446 Å². The van der Waals surface area contributed by atoms with Gasteiger partial charge in [0.05, 0.1) is 21.2 Å². The molecule has 4 aromatic rings. The van der Waals surface area contributed by atoms with Gasteiger partial charge in [-0.3, -0.25) is 28.9 Å². The Balaban J connectivity index is 1.11. The number of rotatable bonds is 19. The molecule has 0 aromatic heterocycles. The molecule has 76 heavy (non-hydrogen) atoms. The molecule has 1 aliphatic carbocycles. The molecule has 0 unspecified atom stereocenters. The Morgan fingerprint density at radius 1 is 0.789 bits per heavy atom. The first-order valence-electron chi connectivity index (χ1n) is 25.9. The minimum absolute atomic E-state index is 0.000923. The van der Waals surface area contributed by atoms with Crippen molar-refractivity contribution < 1.29 is 52.6 Å². The van der Waals surface area contributed by atoms with Crippen molar-refractivity contribution in [2.45, 2.75) is 141 Å². The summed E-state index contributed by atoms with van der Waals surface area (Å²) in [6.07, 6.45) is 2.03. The van der Waals surface area contributed by atoms with Crippen LogP contribution in [-0.2, 0) is 52.8 Å². The predicted molar refractivity (Wildman–Crippen MR) is 290 cm³/mol. The number of nitrogens with zero attached hydrogens (tertiary/aromatic N) is 2. The fraction of sp³-hybridized carbons (Fsp3) is 0.439. The van der Waals surface area contributed by atoms with Crippen LogP contribution in [0.4, 0.5) is 15.3 Å². The molecule has 4 aromatic carbocycles. The molecule has 6 rings (SSSR count). The highest BCUT2D eigenvalue weighted by Gasteiger charge is 2.47. The van der Waals surface area contributed by atoms with Gasteiger partial charge >= 0.3 is 18.2 Å². The number of aryl methyl sites for hydroxylation is 1. The summed E-state index contributed by atoms with van der Waals surface area (Å²) in [4.78, 5) is 111. The Morgan fingerprint density at radius 2 is 1.43 bits per heavy atom. The Kier molecular flexibility index (Phi) is 19.6.